The normalized spacial score (nSPS) is 11.8. The van der Waals surface area contributed by atoms with Gasteiger partial charge in [0, 0.05) is 12.1 Å². The van der Waals surface area contributed by atoms with Gasteiger partial charge in [-0.2, -0.15) is 0 Å². The second kappa shape index (κ2) is 10.6. The standard InChI is InChI=1S/C19H26N4.2ClH/c1-3-23(4-2)13-7-12-20-18-14-16-11-10-15-8-5-6-9-17(15)19(16)22-21-18;;/h5-6,8-9,14H,3-4,7,10-13H2,1-2H3,(H,20,21);2*1H. The third-order valence-corrected chi connectivity index (χ3v) is 4.66. The lowest BCUT2D eigenvalue weighted by molar-refractivity contribution is 0.303. The highest BCUT2D eigenvalue weighted by Gasteiger charge is 2.17. The van der Waals surface area contributed by atoms with E-state index in [4.69, 9.17) is 0 Å². The summed E-state index contributed by atoms with van der Waals surface area (Å²) < 4.78 is 0. The van der Waals surface area contributed by atoms with Gasteiger partial charge in [-0.05, 0) is 56.1 Å². The molecule has 0 saturated carbocycles. The lowest BCUT2D eigenvalue weighted by Crippen LogP contribution is -2.25. The first-order valence-corrected chi connectivity index (χ1v) is 8.73. The van der Waals surface area contributed by atoms with E-state index < -0.39 is 0 Å². The number of hydrogen-bond donors (Lipinski definition) is 1. The van der Waals surface area contributed by atoms with Gasteiger partial charge in [-0.25, -0.2) is 0 Å². The molecule has 6 heteroatoms. The molecule has 3 rings (SSSR count). The van der Waals surface area contributed by atoms with Crippen LogP contribution in [0.4, 0.5) is 5.82 Å². The molecule has 0 unspecified atom stereocenters. The van der Waals surface area contributed by atoms with Crippen molar-refractivity contribution in [1.29, 1.82) is 0 Å². The topological polar surface area (TPSA) is 41.0 Å². The van der Waals surface area contributed by atoms with Crippen molar-refractivity contribution in [2.24, 2.45) is 0 Å². The van der Waals surface area contributed by atoms with Crippen molar-refractivity contribution >= 4 is 30.6 Å². The molecule has 1 aliphatic rings. The fraction of sp³-hybridized carbons (Fsp3) is 0.474. The highest BCUT2D eigenvalue weighted by molar-refractivity contribution is 5.85. The van der Waals surface area contributed by atoms with E-state index in [1.54, 1.807) is 0 Å². The van der Waals surface area contributed by atoms with Gasteiger partial charge in [0.25, 0.3) is 0 Å². The van der Waals surface area contributed by atoms with Gasteiger partial charge >= 0.3 is 0 Å². The van der Waals surface area contributed by atoms with Crippen molar-refractivity contribution in [3.63, 3.8) is 0 Å². The average molecular weight is 383 g/mol. The molecule has 0 amide bonds. The van der Waals surface area contributed by atoms with Crippen LogP contribution in [-0.4, -0.2) is 41.3 Å². The van der Waals surface area contributed by atoms with Crippen LogP contribution in [0, 0.1) is 0 Å². The van der Waals surface area contributed by atoms with E-state index >= 15 is 0 Å². The van der Waals surface area contributed by atoms with E-state index in [2.05, 4.69) is 64.6 Å². The zero-order valence-corrected chi connectivity index (χ0v) is 16.6. The van der Waals surface area contributed by atoms with Gasteiger partial charge in [0.05, 0.1) is 5.69 Å². The molecule has 25 heavy (non-hydrogen) atoms. The summed E-state index contributed by atoms with van der Waals surface area (Å²) in [5.74, 6) is 0.905. The van der Waals surface area contributed by atoms with Crippen LogP contribution in [-0.2, 0) is 12.8 Å². The number of fused-ring (bicyclic) bond motifs is 3. The summed E-state index contributed by atoms with van der Waals surface area (Å²) in [4.78, 5) is 2.44. The Bertz CT molecular complexity index is 660. The van der Waals surface area contributed by atoms with E-state index in [0.717, 1.165) is 57.0 Å². The Balaban J connectivity index is 0.00000156. The molecule has 1 heterocycles. The van der Waals surface area contributed by atoms with Crippen LogP contribution in [0.5, 0.6) is 0 Å². The van der Waals surface area contributed by atoms with Gasteiger partial charge in [-0.1, -0.05) is 38.1 Å². The van der Waals surface area contributed by atoms with Crippen LogP contribution in [0.25, 0.3) is 11.3 Å². The number of nitrogens with one attached hydrogen (secondary N) is 1. The molecular formula is C19H28Cl2N4. The third kappa shape index (κ3) is 5.30. The van der Waals surface area contributed by atoms with Gasteiger partial charge in [-0.3, -0.25) is 0 Å². The molecule has 1 N–H and O–H groups in total. The fourth-order valence-corrected chi connectivity index (χ4v) is 3.23. The van der Waals surface area contributed by atoms with Crippen molar-refractivity contribution < 1.29 is 0 Å². The van der Waals surface area contributed by atoms with Gasteiger partial charge in [0.1, 0.15) is 5.82 Å². The molecule has 138 valence electrons. The molecule has 0 aliphatic heterocycles. The highest BCUT2D eigenvalue weighted by Crippen LogP contribution is 2.31. The largest absolute Gasteiger partial charge is 0.369 e. The molecular weight excluding hydrogens is 355 g/mol. The monoisotopic (exact) mass is 382 g/mol. The van der Waals surface area contributed by atoms with Crippen molar-refractivity contribution in [1.82, 2.24) is 15.1 Å². The molecule has 1 aliphatic carbocycles. The lowest BCUT2D eigenvalue weighted by Gasteiger charge is -2.19. The summed E-state index contributed by atoms with van der Waals surface area (Å²) in [5, 5.41) is 12.3. The minimum Gasteiger partial charge on any atom is -0.369 e. The summed E-state index contributed by atoms with van der Waals surface area (Å²) in [6.45, 7) is 8.74. The summed E-state index contributed by atoms with van der Waals surface area (Å²) in [6.07, 6.45) is 3.27. The van der Waals surface area contributed by atoms with Crippen LogP contribution in [0.1, 0.15) is 31.4 Å². The fourth-order valence-electron chi connectivity index (χ4n) is 3.23. The smallest absolute Gasteiger partial charge is 0.148 e. The van der Waals surface area contributed by atoms with Crippen LogP contribution in [0.2, 0.25) is 0 Å². The number of aryl methyl sites for hydroxylation is 2. The SMILES string of the molecule is CCN(CC)CCCNc1cc2c(nn1)-c1ccccc1CC2.Cl.Cl. The van der Waals surface area contributed by atoms with Crippen LogP contribution < -0.4 is 5.32 Å². The van der Waals surface area contributed by atoms with Crippen molar-refractivity contribution in [3.8, 4) is 11.3 Å². The zero-order valence-electron chi connectivity index (χ0n) is 15.0. The van der Waals surface area contributed by atoms with Crippen LogP contribution in [0.3, 0.4) is 0 Å². The van der Waals surface area contributed by atoms with Gasteiger partial charge in [0.2, 0.25) is 0 Å². The molecule has 0 fully saturated rings. The molecule has 1 aromatic heterocycles. The second-order valence-electron chi connectivity index (χ2n) is 6.07. The van der Waals surface area contributed by atoms with E-state index in [9.17, 15) is 0 Å². The van der Waals surface area contributed by atoms with E-state index in [1.165, 1.54) is 16.7 Å². The maximum absolute atomic E-state index is 4.48. The maximum atomic E-state index is 4.48. The summed E-state index contributed by atoms with van der Waals surface area (Å²) in [6, 6.07) is 10.7. The molecule has 0 radical (unpaired) electrons. The summed E-state index contributed by atoms with van der Waals surface area (Å²) in [7, 11) is 0. The minimum absolute atomic E-state index is 0. The predicted molar refractivity (Wildman–Crippen MR) is 110 cm³/mol. The van der Waals surface area contributed by atoms with E-state index in [-0.39, 0.29) is 24.8 Å². The number of aromatic nitrogens is 2. The van der Waals surface area contributed by atoms with Gasteiger partial charge in [0.15, 0.2) is 0 Å². The molecule has 4 nitrogen and oxygen atoms in total. The molecule has 0 spiro atoms. The zero-order chi connectivity index (χ0) is 16.1. The van der Waals surface area contributed by atoms with Crippen LogP contribution >= 0.6 is 24.8 Å². The van der Waals surface area contributed by atoms with E-state index in [1.807, 2.05) is 0 Å². The number of halogens is 2. The van der Waals surface area contributed by atoms with Crippen LogP contribution in [0.15, 0.2) is 30.3 Å². The first-order valence-electron chi connectivity index (χ1n) is 8.73. The molecule has 1 aromatic carbocycles. The van der Waals surface area contributed by atoms with Crippen molar-refractivity contribution in [2.75, 3.05) is 31.5 Å². The van der Waals surface area contributed by atoms with Crippen molar-refractivity contribution in [3.05, 3.63) is 41.5 Å². The van der Waals surface area contributed by atoms with Gasteiger partial charge < -0.3 is 10.2 Å². The summed E-state index contributed by atoms with van der Waals surface area (Å²) >= 11 is 0. The molecule has 2 aromatic rings. The minimum atomic E-state index is 0. The van der Waals surface area contributed by atoms with Crippen molar-refractivity contribution in [2.45, 2.75) is 33.1 Å². The predicted octanol–water partition coefficient (Wildman–Crippen LogP) is 4.23. The lowest BCUT2D eigenvalue weighted by atomic mass is 9.89. The maximum Gasteiger partial charge on any atom is 0.148 e. The first kappa shape index (κ1) is 21.7. The molecule has 0 saturated heterocycles. The molecule has 0 atom stereocenters. The number of benzene rings is 1. The first-order chi connectivity index (χ1) is 11.3. The number of nitrogens with zero attached hydrogens (tertiary/aromatic N) is 3. The average Bonchev–Trinajstić information content (AvgIpc) is 2.61. The summed E-state index contributed by atoms with van der Waals surface area (Å²) in [5.41, 5.74) is 4.99. The quantitative estimate of drug-likeness (QED) is 0.727. The van der Waals surface area contributed by atoms with E-state index in [0.29, 0.717) is 0 Å². The number of anilines is 1. The Morgan fingerprint density at radius 3 is 2.48 bits per heavy atom. The number of hydrogen-bond acceptors (Lipinski definition) is 4. The Morgan fingerprint density at radius 2 is 1.72 bits per heavy atom. The number of rotatable bonds is 7. The Kier molecular flexibility index (Phi) is 9.19. The Labute approximate surface area is 163 Å². The molecule has 0 bridgehead atoms. The Morgan fingerprint density at radius 1 is 1.00 bits per heavy atom. The van der Waals surface area contributed by atoms with Gasteiger partial charge in [-0.15, -0.1) is 35.0 Å². The highest BCUT2D eigenvalue weighted by atomic mass is 35.5. The second-order valence-corrected chi connectivity index (χ2v) is 6.07. The third-order valence-electron chi connectivity index (χ3n) is 4.66. The Hall–Kier alpha value is -1.36.